The van der Waals surface area contributed by atoms with Crippen molar-refractivity contribution in [3.8, 4) is 11.3 Å². The second kappa shape index (κ2) is 12.2. The van der Waals surface area contributed by atoms with E-state index >= 15 is 0 Å². The molecule has 2 amide bonds. The lowest BCUT2D eigenvalue weighted by Crippen LogP contribution is -2.39. The molecule has 2 aromatic carbocycles. The van der Waals surface area contributed by atoms with Gasteiger partial charge in [0, 0.05) is 31.0 Å². The van der Waals surface area contributed by atoms with Gasteiger partial charge < -0.3 is 15.7 Å². The average molecular weight is 583 g/mol. The molecule has 220 valence electrons. The maximum atomic E-state index is 14.6. The Labute approximate surface area is 246 Å². The summed E-state index contributed by atoms with van der Waals surface area (Å²) >= 11 is 0. The molecule has 0 bridgehead atoms. The maximum absolute atomic E-state index is 14.6. The Morgan fingerprint density at radius 3 is 2.60 bits per heavy atom. The summed E-state index contributed by atoms with van der Waals surface area (Å²) in [4.78, 5) is 39.9. The molecule has 5 aromatic rings. The van der Waals surface area contributed by atoms with Crippen molar-refractivity contribution < 1.29 is 19.1 Å². The number of fused-ring (bicyclic) bond motifs is 2. The van der Waals surface area contributed by atoms with Crippen LogP contribution in [0.15, 0.2) is 61.1 Å². The zero-order valence-corrected chi connectivity index (χ0v) is 23.6. The number of aromatic nitrogens is 5. The van der Waals surface area contributed by atoms with Crippen LogP contribution >= 0.6 is 0 Å². The van der Waals surface area contributed by atoms with E-state index < -0.39 is 11.7 Å². The molecule has 43 heavy (non-hydrogen) atoms. The van der Waals surface area contributed by atoms with Crippen molar-refractivity contribution in [3.63, 3.8) is 0 Å². The third-order valence-corrected chi connectivity index (χ3v) is 7.78. The normalized spacial score (nSPS) is 14.3. The molecule has 11 nitrogen and oxygen atoms in total. The molecular weight excluding hydrogens is 551 g/mol. The van der Waals surface area contributed by atoms with Gasteiger partial charge in [0.05, 0.1) is 47.6 Å². The number of aliphatic hydroxyl groups excluding tert-OH is 1. The Kier molecular flexibility index (Phi) is 8.03. The first-order valence-electron chi connectivity index (χ1n) is 14.1. The molecule has 3 N–H and O–H groups in total. The monoisotopic (exact) mass is 582 g/mol. The van der Waals surface area contributed by atoms with Gasteiger partial charge in [0.15, 0.2) is 0 Å². The number of anilines is 1. The number of halogens is 1. The molecular formula is C31H31FN8O3. The standard InChI is InChI=1S/C31H31FN8O3/c1-33-30(43)25-4-3-21(13-26(25)32)28-16-36-31-35-15-24(40(31)38-28)11-20-2-5-27-22(10-20)12-23(14-34-27)37-29(42)17-39-8-6-19(18-41)7-9-39/h2-5,10,12-16,19,41H,6-9,11,17-18H2,1H3,(H,33,43)(H,37,42). The number of pyridine rings is 1. The van der Waals surface area contributed by atoms with Crippen LogP contribution in [0.4, 0.5) is 10.1 Å². The van der Waals surface area contributed by atoms with Gasteiger partial charge in [0.1, 0.15) is 11.5 Å². The Morgan fingerprint density at radius 2 is 1.84 bits per heavy atom. The zero-order valence-electron chi connectivity index (χ0n) is 23.6. The van der Waals surface area contributed by atoms with Crippen molar-refractivity contribution in [1.29, 1.82) is 0 Å². The molecule has 1 fully saturated rings. The summed E-state index contributed by atoms with van der Waals surface area (Å²) in [6, 6.07) is 12.2. The van der Waals surface area contributed by atoms with Gasteiger partial charge in [-0.1, -0.05) is 12.1 Å². The lowest BCUT2D eigenvalue weighted by atomic mass is 9.98. The van der Waals surface area contributed by atoms with E-state index in [-0.39, 0.29) is 18.1 Å². The van der Waals surface area contributed by atoms with Gasteiger partial charge in [-0.3, -0.25) is 19.5 Å². The van der Waals surface area contributed by atoms with Crippen LogP contribution in [-0.2, 0) is 11.2 Å². The van der Waals surface area contributed by atoms with Crippen LogP contribution in [0.2, 0.25) is 0 Å². The fourth-order valence-electron chi connectivity index (χ4n) is 5.36. The smallest absolute Gasteiger partial charge is 0.253 e. The molecule has 1 aliphatic heterocycles. The second-order valence-corrected chi connectivity index (χ2v) is 10.8. The predicted octanol–water partition coefficient (Wildman–Crippen LogP) is 3.07. The number of likely N-dealkylation sites (tertiary alicyclic amines) is 1. The summed E-state index contributed by atoms with van der Waals surface area (Å²) in [6.07, 6.45) is 7.18. The van der Waals surface area contributed by atoms with E-state index in [0.29, 0.717) is 41.6 Å². The van der Waals surface area contributed by atoms with Crippen LogP contribution in [-0.4, -0.2) is 79.7 Å². The number of hydrogen-bond acceptors (Lipinski definition) is 8. The highest BCUT2D eigenvalue weighted by Gasteiger charge is 2.20. The summed E-state index contributed by atoms with van der Waals surface area (Å²) in [6.45, 7) is 2.11. The van der Waals surface area contributed by atoms with E-state index in [9.17, 15) is 19.1 Å². The number of benzene rings is 2. The molecule has 12 heteroatoms. The Balaban J connectivity index is 1.18. The van der Waals surface area contributed by atoms with E-state index in [2.05, 4.69) is 35.6 Å². The minimum absolute atomic E-state index is 0.0453. The van der Waals surface area contributed by atoms with Crippen LogP contribution in [0.25, 0.3) is 27.9 Å². The number of carbonyl (C=O) groups excluding carboxylic acids is 2. The van der Waals surface area contributed by atoms with Crippen molar-refractivity contribution in [2.75, 3.05) is 38.6 Å². The maximum Gasteiger partial charge on any atom is 0.253 e. The van der Waals surface area contributed by atoms with E-state index in [1.807, 2.05) is 24.3 Å². The average Bonchev–Trinajstić information content (AvgIpc) is 3.42. The molecule has 0 spiro atoms. The van der Waals surface area contributed by atoms with Crippen molar-refractivity contribution in [2.45, 2.75) is 19.3 Å². The first-order valence-corrected chi connectivity index (χ1v) is 14.1. The fourth-order valence-corrected chi connectivity index (χ4v) is 5.36. The molecule has 0 radical (unpaired) electrons. The molecule has 4 heterocycles. The van der Waals surface area contributed by atoms with Crippen LogP contribution in [0.3, 0.4) is 0 Å². The van der Waals surface area contributed by atoms with E-state index in [4.69, 9.17) is 0 Å². The fraction of sp³-hybridized carbons (Fsp3) is 0.290. The number of carbonyl (C=O) groups is 2. The highest BCUT2D eigenvalue weighted by Crippen LogP contribution is 2.23. The van der Waals surface area contributed by atoms with Crippen molar-refractivity contribution >= 4 is 34.2 Å². The van der Waals surface area contributed by atoms with Gasteiger partial charge in [-0.05, 0) is 67.7 Å². The minimum atomic E-state index is -0.646. The summed E-state index contributed by atoms with van der Waals surface area (Å²) in [5.41, 5.74) is 4.08. The zero-order chi connectivity index (χ0) is 29.9. The predicted molar refractivity (Wildman–Crippen MR) is 159 cm³/mol. The molecule has 1 aliphatic rings. The second-order valence-electron chi connectivity index (χ2n) is 10.8. The number of rotatable bonds is 8. The number of aliphatic hydroxyl groups is 1. The molecule has 0 atom stereocenters. The van der Waals surface area contributed by atoms with Crippen LogP contribution < -0.4 is 10.6 Å². The molecule has 0 saturated carbocycles. The highest BCUT2D eigenvalue weighted by atomic mass is 19.1. The van der Waals surface area contributed by atoms with Gasteiger partial charge in [0.2, 0.25) is 5.91 Å². The lowest BCUT2D eigenvalue weighted by molar-refractivity contribution is -0.117. The third-order valence-electron chi connectivity index (χ3n) is 7.78. The van der Waals surface area contributed by atoms with Crippen LogP contribution in [0.1, 0.15) is 34.5 Å². The van der Waals surface area contributed by atoms with Crippen molar-refractivity contribution in [1.82, 2.24) is 34.8 Å². The van der Waals surface area contributed by atoms with Gasteiger partial charge in [-0.2, -0.15) is 5.10 Å². The molecule has 6 rings (SSSR count). The molecule has 0 aliphatic carbocycles. The van der Waals surface area contributed by atoms with Crippen LogP contribution in [0.5, 0.6) is 0 Å². The lowest BCUT2D eigenvalue weighted by Gasteiger charge is -2.30. The minimum Gasteiger partial charge on any atom is -0.396 e. The quantitative estimate of drug-likeness (QED) is 0.254. The summed E-state index contributed by atoms with van der Waals surface area (Å²) in [5, 5.41) is 20.2. The first-order chi connectivity index (χ1) is 20.9. The van der Waals surface area contributed by atoms with Gasteiger partial charge >= 0.3 is 0 Å². The van der Waals surface area contributed by atoms with Crippen molar-refractivity contribution in [2.24, 2.45) is 5.92 Å². The largest absolute Gasteiger partial charge is 0.396 e. The van der Waals surface area contributed by atoms with E-state index in [0.717, 1.165) is 48.1 Å². The number of imidazole rings is 1. The number of nitrogens with zero attached hydrogens (tertiary/aromatic N) is 6. The van der Waals surface area contributed by atoms with E-state index in [1.54, 1.807) is 23.0 Å². The SMILES string of the molecule is CNC(=O)c1ccc(-c2cnc3ncc(Cc4ccc5ncc(NC(=O)CN6CCC(CO)CC6)cc5c4)n3n2)cc1F. The number of piperidine rings is 1. The van der Waals surface area contributed by atoms with E-state index in [1.165, 1.54) is 25.4 Å². The number of amides is 2. The molecule has 1 saturated heterocycles. The number of nitrogens with one attached hydrogen (secondary N) is 2. The Hall–Kier alpha value is -4.81. The van der Waals surface area contributed by atoms with Gasteiger partial charge in [-0.25, -0.2) is 18.9 Å². The highest BCUT2D eigenvalue weighted by molar-refractivity contribution is 5.95. The molecule has 0 unspecified atom stereocenters. The van der Waals surface area contributed by atoms with Gasteiger partial charge in [-0.15, -0.1) is 0 Å². The third kappa shape index (κ3) is 6.20. The molecule has 3 aromatic heterocycles. The Bertz CT molecular complexity index is 1820. The summed E-state index contributed by atoms with van der Waals surface area (Å²) in [5.74, 6) is -0.506. The summed E-state index contributed by atoms with van der Waals surface area (Å²) in [7, 11) is 1.45. The van der Waals surface area contributed by atoms with Crippen molar-refractivity contribution in [3.05, 3.63) is 83.7 Å². The first kappa shape index (κ1) is 28.3. The van der Waals surface area contributed by atoms with Gasteiger partial charge in [0.25, 0.3) is 11.7 Å². The Morgan fingerprint density at radius 1 is 1.02 bits per heavy atom. The topological polar surface area (TPSA) is 138 Å². The summed E-state index contributed by atoms with van der Waals surface area (Å²) < 4.78 is 16.2. The number of hydrogen-bond donors (Lipinski definition) is 3. The van der Waals surface area contributed by atoms with Crippen LogP contribution in [0, 0.1) is 11.7 Å².